The van der Waals surface area contributed by atoms with Crippen LogP contribution in [-0.4, -0.2) is 13.1 Å². The van der Waals surface area contributed by atoms with Crippen molar-refractivity contribution in [2.24, 2.45) is 0 Å². The van der Waals surface area contributed by atoms with Crippen LogP contribution in [-0.2, 0) is 12.6 Å². The van der Waals surface area contributed by atoms with Crippen molar-refractivity contribution in [2.75, 3.05) is 13.1 Å². The van der Waals surface area contributed by atoms with Crippen LogP contribution in [0.5, 0.6) is 0 Å². The van der Waals surface area contributed by atoms with E-state index in [0.717, 1.165) is 25.1 Å². The fourth-order valence-electron chi connectivity index (χ4n) is 2.93. The molecule has 0 saturated carbocycles. The lowest BCUT2D eigenvalue weighted by molar-refractivity contribution is -0.137. The Morgan fingerprint density at radius 2 is 1.63 bits per heavy atom. The van der Waals surface area contributed by atoms with Crippen molar-refractivity contribution in [2.45, 2.75) is 12.6 Å². The SMILES string of the molecule is Cl.FC(F)(F)c1cccc(/C=C/CNCCc2cccc3ccccc23)c1. The maximum Gasteiger partial charge on any atom is 0.416 e. The first-order valence-corrected chi connectivity index (χ1v) is 8.55. The number of fused-ring (bicyclic) bond motifs is 1. The second-order valence-electron chi connectivity index (χ2n) is 6.12. The van der Waals surface area contributed by atoms with Crippen molar-refractivity contribution >= 4 is 29.3 Å². The summed E-state index contributed by atoms with van der Waals surface area (Å²) in [6, 6.07) is 19.9. The topological polar surface area (TPSA) is 12.0 Å². The summed E-state index contributed by atoms with van der Waals surface area (Å²) < 4.78 is 38.1. The third-order valence-electron chi connectivity index (χ3n) is 4.24. The lowest BCUT2D eigenvalue weighted by atomic mass is 10.0. The molecule has 0 aliphatic heterocycles. The van der Waals surface area contributed by atoms with E-state index in [2.05, 4.69) is 35.6 Å². The molecule has 1 N–H and O–H groups in total. The fraction of sp³-hybridized carbons (Fsp3) is 0.182. The number of halogens is 4. The summed E-state index contributed by atoms with van der Waals surface area (Å²) in [4.78, 5) is 0. The summed E-state index contributed by atoms with van der Waals surface area (Å²) in [7, 11) is 0. The first kappa shape index (κ1) is 21.0. The first-order chi connectivity index (χ1) is 12.5. The van der Waals surface area contributed by atoms with Crippen LogP contribution in [0.4, 0.5) is 13.2 Å². The standard InChI is InChI=1S/C22H20F3N.ClH/c23-22(24,25)20-11-3-6-17(16-20)7-5-14-26-15-13-19-10-4-9-18-8-1-2-12-21(18)19;/h1-12,16,26H,13-15H2;1H/b7-5+;. The van der Waals surface area contributed by atoms with Gasteiger partial charge in [0, 0.05) is 6.54 Å². The predicted octanol–water partition coefficient (Wildman–Crippen LogP) is 6.13. The molecule has 0 radical (unpaired) electrons. The number of hydrogen-bond acceptors (Lipinski definition) is 1. The molecule has 0 aromatic heterocycles. The number of nitrogens with one attached hydrogen (secondary N) is 1. The minimum atomic E-state index is -4.31. The number of benzene rings is 3. The molecular formula is C22H21ClF3N. The van der Waals surface area contributed by atoms with E-state index in [-0.39, 0.29) is 12.4 Å². The second-order valence-corrected chi connectivity index (χ2v) is 6.12. The zero-order valence-corrected chi connectivity index (χ0v) is 15.5. The molecule has 0 fully saturated rings. The van der Waals surface area contributed by atoms with Gasteiger partial charge in [0.2, 0.25) is 0 Å². The van der Waals surface area contributed by atoms with Crippen LogP contribution < -0.4 is 5.32 Å². The van der Waals surface area contributed by atoms with Crippen LogP contribution >= 0.6 is 12.4 Å². The lowest BCUT2D eigenvalue weighted by Gasteiger charge is -2.07. The number of alkyl halides is 3. The van der Waals surface area contributed by atoms with Gasteiger partial charge in [0.25, 0.3) is 0 Å². The minimum Gasteiger partial charge on any atom is -0.313 e. The highest BCUT2D eigenvalue weighted by Crippen LogP contribution is 2.29. The maximum atomic E-state index is 12.7. The molecule has 0 aliphatic rings. The van der Waals surface area contributed by atoms with E-state index in [9.17, 15) is 13.2 Å². The Labute approximate surface area is 163 Å². The summed E-state index contributed by atoms with van der Waals surface area (Å²) in [5, 5.41) is 5.80. The third-order valence-corrected chi connectivity index (χ3v) is 4.24. The Hall–Kier alpha value is -2.30. The molecule has 1 nitrogen and oxygen atoms in total. The van der Waals surface area contributed by atoms with Gasteiger partial charge < -0.3 is 5.32 Å². The summed E-state index contributed by atoms with van der Waals surface area (Å²) >= 11 is 0. The first-order valence-electron chi connectivity index (χ1n) is 8.55. The molecule has 3 aromatic carbocycles. The molecule has 0 unspecified atom stereocenters. The molecule has 0 saturated heterocycles. The van der Waals surface area contributed by atoms with Crippen molar-refractivity contribution in [3.8, 4) is 0 Å². The van der Waals surface area contributed by atoms with E-state index in [4.69, 9.17) is 0 Å². The maximum absolute atomic E-state index is 12.7. The highest BCUT2D eigenvalue weighted by molar-refractivity contribution is 5.86. The molecule has 0 amide bonds. The fourth-order valence-corrected chi connectivity index (χ4v) is 2.93. The molecule has 0 heterocycles. The normalized spacial score (nSPS) is 11.7. The van der Waals surface area contributed by atoms with Crippen LogP contribution in [0.2, 0.25) is 0 Å². The smallest absolute Gasteiger partial charge is 0.313 e. The molecule has 5 heteroatoms. The zero-order valence-electron chi connectivity index (χ0n) is 14.7. The molecule has 142 valence electrons. The van der Waals surface area contributed by atoms with Gasteiger partial charge in [-0.25, -0.2) is 0 Å². The summed E-state index contributed by atoms with van der Waals surface area (Å²) in [6.07, 6.45) is 0.151. The van der Waals surface area contributed by atoms with Gasteiger partial charge in [-0.3, -0.25) is 0 Å². The Balaban J connectivity index is 0.00000261. The van der Waals surface area contributed by atoms with Crippen molar-refractivity contribution in [3.05, 3.63) is 89.5 Å². The Morgan fingerprint density at radius 3 is 2.44 bits per heavy atom. The predicted molar refractivity (Wildman–Crippen MR) is 108 cm³/mol. The molecule has 0 atom stereocenters. The van der Waals surface area contributed by atoms with E-state index >= 15 is 0 Å². The molecule has 0 spiro atoms. The quantitative estimate of drug-likeness (QED) is 0.499. The van der Waals surface area contributed by atoms with Crippen molar-refractivity contribution in [1.29, 1.82) is 0 Å². The van der Waals surface area contributed by atoms with Gasteiger partial charge in [0.15, 0.2) is 0 Å². The molecule has 27 heavy (non-hydrogen) atoms. The highest BCUT2D eigenvalue weighted by Gasteiger charge is 2.30. The van der Waals surface area contributed by atoms with Crippen LogP contribution in [0.15, 0.2) is 72.8 Å². The Morgan fingerprint density at radius 1 is 0.889 bits per heavy atom. The van der Waals surface area contributed by atoms with E-state index in [1.807, 2.05) is 18.2 Å². The van der Waals surface area contributed by atoms with Gasteiger partial charge in [-0.15, -0.1) is 12.4 Å². The van der Waals surface area contributed by atoms with Gasteiger partial charge in [-0.2, -0.15) is 13.2 Å². The Bertz CT molecular complexity index is 898. The average molecular weight is 392 g/mol. The molecule has 0 aliphatic carbocycles. The van der Waals surface area contributed by atoms with Gasteiger partial charge in [0.1, 0.15) is 0 Å². The highest BCUT2D eigenvalue weighted by atomic mass is 35.5. The van der Waals surface area contributed by atoms with E-state index < -0.39 is 11.7 Å². The lowest BCUT2D eigenvalue weighted by Crippen LogP contribution is -2.17. The summed E-state index contributed by atoms with van der Waals surface area (Å²) in [5.74, 6) is 0. The number of rotatable bonds is 6. The van der Waals surface area contributed by atoms with Gasteiger partial charge in [-0.1, -0.05) is 66.7 Å². The van der Waals surface area contributed by atoms with E-state index in [0.29, 0.717) is 12.1 Å². The van der Waals surface area contributed by atoms with Gasteiger partial charge in [-0.05, 0) is 47.0 Å². The molecule has 3 aromatic rings. The summed E-state index contributed by atoms with van der Waals surface area (Å²) in [5.41, 5.74) is 1.22. The molecule has 3 rings (SSSR count). The zero-order chi connectivity index (χ0) is 18.4. The van der Waals surface area contributed by atoms with Gasteiger partial charge in [0.05, 0.1) is 5.56 Å². The minimum absolute atomic E-state index is 0. The van der Waals surface area contributed by atoms with E-state index in [1.165, 1.54) is 22.4 Å². The van der Waals surface area contributed by atoms with Crippen LogP contribution in [0.3, 0.4) is 0 Å². The summed E-state index contributed by atoms with van der Waals surface area (Å²) in [6.45, 7) is 1.42. The van der Waals surface area contributed by atoms with Crippen LogP contribution in [0.1, 0.15) is 16.7 Å². The van der Waals surface area contributed by atoms with Gasteiger partial charge >= 0.3 is 6.18 Å². The van der Waals surface area contributed by atoms with Crippen molar-refractivity contribution < 1.29 is 13.2 Å². The monoisotopic (exact) mass is 391 g/mol. The van der Waals surface area contributed by atoms with E-state index in [1.54, 1.807) is 12.1 Å². The van der Waals surface area contributed by atoms with Crippen molar-refractivity contribution in [1.82, 2.24) is 5.32 Å². The largest absolute Gasteiger partial charge is 0.416 e. The number of hydrogen-bond donors (Lipinski definition) is 1. The second kappa shape index (κ2) is 9.58. The van der Waals surface area contributed by atoms with Crippen LogP contribution in [0.25, 0.3) is 16.8 Å². The van der Waals surface area contributed by atoms with Crippen LogP contribution in [0, 0.1) is 0 Å². The van der Waals surface area contributed by atoms with Crippen molar-refractivity contribution in [3.63, 3.8) is 0 Å². The average Bonchev–Trinajstić information content (AvgIpc) is 2.64. The molecule has 0 bridgehead atoms. The molecular weight excluding hydrogens is 371 g/mol. The third kappa shape index (κ3) is 5.84. The Kier molecular flexibility index (Phi) is 7.45.